The van der Waals surface area contributed by atoms with Crippen molar-refractivity contribution >= 4 is 46.3 Å². The fraction of sp³-hybridized carbons (Fsp3) is 0.300. The van der Waals surface area contributed by atoms with E-state index in [0.717, 1.165) is 0 Å². The lowest BCUT2D eigenvalue weighted by Crippen LogP contribution is -2.32. The number of rotatable bonds is 9. The topological polar surface area (TPSA) is 108 Å². The standard InChI is InChI=1S/C20H21Cl2N3O6/c1-10(26)17(24-25-18-13(29-3)9-8-12(28-2)16(18)22)20(27)23-11-6-7-14(30-4)19(31-5)15(11)21/h6-9,17H,1-5H3,(H,23,27). The number of hydrogen-bond acceptors (Lipinski definition) is 8. The van der Waals surface area contributed by atoms with Gasteiger partial charge in [0.1, 0.15) is 27.2 Å². The molecule has 0 aromatic heterocycles. The molecule has 0 heterocycles. The van der Waals surface area contributed by atoms with Gasteiger partial charge in [-0.1, -0.05) is 23.2 Å². The smallest absolute Gasteiger partial charge is 0.258 e. The Morgan fingerprint density at radius 1 is 0.871 bits per heavy atom. The third kappa shape index (κ3) is 5.36. The van der Waals surface area contributed by atoms with E-state index in [-0.39, 0.29) is 27.2 Å². The lowest BCUT2D eigenvalue weighted by Gasteiger charge is -2.15. The molecule has 31 heavy (non-hydrogen) atoms. The van der Waals surface area contributed by atoms with Crippen molar-refractivity contribution in [1.82, 2.24) is 0 Å². The Morgan fingerprint density at radius 2 is 1.45 bits per heavy atom. The molecular weight excluding hydrogens is 449 g/mol. The zero-order chi connectivity index (χ0) is 23.1. The SMILES string of the molecule is COc1ccc(OC)c(N=NC(C(C)=O)C(=O)Nc2ccc(OC)c(OC)c2Cl)c1Cl. The summed E-state index contributed by atoms with van der Waals surface area (Å²) in [6.45, 7) is 1.21. The molecule has 2 aromatic rings. The van der Waals surface area contributed by atoms with Crippen LogP contribution in [0.4, 0.5) is 11.4 Å². The maximum atomic E-state index is 12.7. The fourth-order valence-corrected chi connectivity index (χ4v) is 3.12. The number of methoxy groups -OCH3 is 4. The maximum absolute atomic E-state index is 12.7. The summed E-state index contributed by atoms with van der Waals surface area (Å²) in [5, 5.41) is 10.6. The zero-order valence-corrected chi connectivity index (χ0v) is 19.0. The molecule has 166 valence electrons. The van der Waals surface area contributed by atoms with Crippen molar-refractivity contribution < 1.29 is 28.5 Å². The molecule has 0 radical (unpaired) electrons. The number of ketones is 1. The molecule has 11 heteroatoms. The van der Waals surface area contributed by atoms with Gasteiger partial charge in [0.15, 0.2) is 17.3 Å². The van der Waals surface area contributed by atoms with Crippen LogP contribution in [0.2, 0.25) is 10.0 Å². The van der Waals surface area contributed by atoms with Crippen molar-refractivity contribution in [2.45, 2.75) is 13.0 Å². The van der Waals surface area contributed by atoms with Gasteiger partial charge in [-0.15, -0.1) is 5.11 Å². The minimum atomic E-state index is -1.46. The summed E-state index contributed by atoms with van der Waals surface area (Å²) in [4.78, 5) is 24.8. The third-order valence-corrected chi connectivity index (χ3v) is 4.87. The Kier molecular flexibility index (Phi) is 8.47. The van der Waals surface area contributed by atoms with Gasteiger partial charge >= 0.3 is 0 Å². The van der Waals surface area contributed by atoms with E-state index in [4.69, 9.17) is 42.1 Å². The summed E-state index contributed by atoms with van der Waals surface area (Å²) in [6, 6.07) is 4.78. The first kappa shape index (κ1) is 24.2. The number of azo groups is 1. The van der Waals surface area contributed by atoms with Crippen LogP contribution in [0, 0.1) is 0 Å². The molecular formula is C20H21Cl2N3O6. The van der Waals surface area contributed by atoms with Crippen LogP contribution in [0.1, 0.15) is 6.92 Å². The largest absolute Gasteiger partial charge is 0.495 e. The van der Waals surface area contributed by atoms with Gasteiger partial charge in [0.05, 0.1) is 34.1 Å². The summed E-state index contributed by atoms with van der Waals surface area (Å²) in [5.41, 5.74) is 0.328. The molecule has 9 nitrogen and oxygen atoms in total. The highest BCUT2D eigenvalue weighted by molar-refractivity contribution is 6.36. The van der Waals surface area contributed by atoms with Crippen LogP contribution in [0.3, 0.4) is 0 Å². The van der Waals surface area contributed by atoms with Crippen molar-refractivity contribution in [3.63, 3.8) is 0 Å². The number of ether oxygens (including phenoxy) is 4. The van der Waals surface area contributed by atoms with Crippen LogP contribution in [-0.2, 0) is 9.59 Å². The van der Waals surface area contributed by atoms with E-state index >= 15 is 0 Å². The van der Waals surface area contributed by atoms with Gasteiger partial charge in [0.2, 0.25) is 6.04 Å². The zero-order valence-electron chi connectivity index (χ0n) is 17.5. The number of nitrogens with one attached hydrogen (secondary N) is 1. The van der Waals surface area contributed by atoms with E-state index in [1.54, 1.807) is 18.2 Å². The van der Waals surface area contributed by atoms with Gasteiger partial charge in [0, 0.05) is 0 Å². The molecule has 2 rings (SSSR count). The van der Waals surface area contributed by atoms with E-state index in [1.807, 2.05) is 0 Å². The van der Waals surface area contributed by atoms with Crippen LogP contribution in [0.5, 0.6) is 23.0 Å². The maximum Gasteiger partial charge on any atom is 0.258 e. The summed E-state index contributed by atoms with van der Waals surface area (Å²) in [5.74, 6) is -0.0549. The number of nitrogens with zero attached hydrogens (tertiary/aromatic N) is 2. The van der Waals surface area contributed by atoms with Gasteiger partial charge < -0.3 is 24.3 Å². The summed E-state index contributed by atoms with van der Waals surface area (Å²) < 4.78 is 20.7. The lowest BCUT2D eigenvalue weighted by atomic mass is 10.2. The number of amides is 1. The molecule has 2 aromatic carbocycles. The predicted molar refractivity (Wildman–Crippen MR) is 117 cm³/mol. The monoisotopic (exact) mass is 469 g/mol. The Morgan fingerprint density at radius 3 is 2.00 bits per heavy atom. The molecule has 1 atom stereocenters. The number of hydrogen-bond donors (Lipinski definition) is 1. The average molecular weight is 470 g/mol. The number of halogens is 2. The number of carbonyl (C=O) groups excluding carboxylic acids is 2. The second-order valence-corrected chi connectivity index (χ2v) is 6.77. The van der Waals surface area contributed by atoms with Gasteiger partial charge in [-0.2, -0.15) is 5.11 Å². The highest BCUT2D eigenvalue weighted by Crippen LogP contribution is 2.42. The van der Waals surface area contributed by atoms with Crippen LogP contribution in [0.15, 0.2) is 34.5 Å². The number of Topliss-reactive ketones (excluding diaryl/α,β-unsaturated/α-hetero) is 1. The first-order valence-corrected chi connectivity index (χ1v) is 9.57. The van der Waals surface area contributed by atoms with Gasteiger partial charge in [0.25, 0.3) is 5.91 Å². The van der Waals surface area contributed by atoms with Gasteiger partial charge in [-0.05, 0) is 31.2 Å². The Labute approximate surface area is 189 Å². The highest BCUT2D eigenvalue weighted by atomic mass is 35.5. The summed E-state index contributed by atoms with van der Waals surface area (Å²) >= 11 is 12.5. The summed E-state index contributed by atoms with van der Waals surface area (Å²) in [6.07, 6.45) is 0. The first-order valence-electron chi connectivity index (χ1n) is 8.82. The van der Waals surface area contributed by atoms with E-state index in [0.29, 0.717) is 17.2 Å². The molecule has 0 aliphatic carbocycles. The molecule has 1 unspecified atom stereocenters. The van der Waals surface area contributed by atoms with Crippen molar-refractivity contribution in [2.75, 3.05) is 33.8 Å². The van der Waals surface area contributed by atoms with Crippen molar-refractivity contribution in [1.29, 1.82) is 0 Å². The van der Waals surface area contributed by atoms with Crippen LogP contribution in [0.25, 0.3) is 0 Å². The van der Waals surface area contributed by atoms with Crippen molar-refractivity contribution in [3.05, 3.63) is 34.3 Å². The van der Waals surface area contributed by atoms with Crippen LogP contribution < -0.4 is 24.3 Å². The number of benzene rings is 2. The molecule has 1 amide bonds. The van der Waals surface area contributed by atoms with Crippen LogP contribution >= 0.6 is 23.2 Å². The molecule has 0 aliphatic heterocycles. The minimum absolute atomic E-state index is 0.104. The van der Waals surface area contributed by atoms with Gasteiger partial charge in [-0.25, -0.2) is 0 Å². The quantitative estimate of drug-likeness (QED) is 0.420. The Hall–Kier alpha value is -3.04. The van der Waals surface area contributed by atoms with E-state index in [9.17, 15) is 9.59 Å². The second-order valence-electron chi connectivity index (χ2n) is 6.01. The third-order valence-electron chi connectivity index (χ3n) is 4.13. The number of anilines is 1. The molecule has 1 N–H and O–H groups in total. The predicted octanol–water partition coefficient (Wildman–Crippen LogP) is 4.71. The molecule has 0 saturated carbocycles. The van der Waals surface area contributed by atoms with Crippen LogP contribution in [-0.4, -0.2) is 46.2 Å². The molecule has 0 fully saturated rings. The molecule has 0 bridgehead atoms. The van der Waals surface area contributed by atoms with Crippen molar-refractivity contribution in [3.8, 4) is 23.0 Å². The summed E-state index contributed by atoms with van der Waals surface area (Å²) in [7, 11) is 5.72. The normalized spacial score (nSPS) is 11.7. The average Bonchev–Trinajstić information content (AvgIpc) is 2.75. The molecule has 0 aliphatic rings. The minimum Gasteiger partial charge on any atom is -0.495 e. The fourth-order valence-electron chi connectivity index (χ4n) is 2.56. The van der Waals surface area contributed by atoms with E-state index < -0.39 is 17.7 Å². The second kappa shape index (κ2) is 10.8. The van der Waals surface area contributed by atoms with E-state index in [2.05, 4.69) is 15.5 Å². The molecule has 0 spiro atoms. The van der Waals surface area contributed by atoms with E-state index in [1.165, 1.54) is 41.4 Å². The Bertz CT molecular complexity index is 1010. The lowest BCUT2D eigenvalue weighted by molar-refractivity contribution is -0.126. The van der Waals surface area contributed by atoms with Crippen molar-refractivity contribution in [2.24, 2.45) is 10.2 Å². The number of carbonyl (C=O) groups is 2. The Balaban J connectivity index is 2.36. The molecule has 0 saturated heterocycles. The first-order chi connectivity index (χ1) is 14.8. The highest BCUT2D eigenvalue weighted by Gasteiger charge is 2.26. The van der Waals surface area contributed by atoms with Gasteiger partial charge in [-0.3, -0.25) is 9.59 Å².